The minimum Gasteiger partial charge on any atom is -0.404 e. The maximum atomic E-state index is 12.3. The number of phosphoric ester groups is 1. The molecule has 0 aliphatic carbocycles. The molecule has 0 N–H and O–H groups in total. The van der Waals surface area contributed by atoms with Gasteiger partial charge in [0.25, 0.3) is 0 Å². The molecular formula is C13H19O4P. The highest BCUT2D eigenvalue weighted by Crippen LogP contribution is 2.57. The Kier molecular flexibility index (Phi) is 4.74. The lowest BCUT2D eigenvalue weighted by molar-refractivity contribution is 0.0497. The maximum Gasteiger partial charge on any atom is 0.530 e. The van der Waals surface area contributed by atoms with Crippen LogP contribution in [0.5, 0.6) is 0 Å². The molecule has 0 saturated carbocycles. The molecule has 0 spiro atoms. The zero-order valence-electron chi connectivity index (χ0n) is 11.0. The fraction of sp³-hybridized carbons (Fsp3) is 0.385. The summed E-state index contributed by atoms with van der Waals surface area (Å²) >= 11 is 0. The predicted molar refractivity (Wildman–Crippen MR) is 72.0 cm³/mol. The Labute approximate surface area is 108 Å². The van der Waals surface area contributed by atoms with Crippen molar-refractivity contribution in [2.45, 2.75) is 26.4 Å². The third kappa shape index (κ3) is 4.30. The van der Waals surface area contributed by atoms with Gasteiger partial charge in [-0.15, -0.1) is 0 Å². The molecule has 0 aromatic heterocycles. The highest BCUT2D eigenvalue weighted by Gasteiger charge is 2.39. The van der Waals surface area contributed by atoms with E-state index in [-0.39, 0.29) is 6.61 Å². The van der Waals surface area contributed by atoms with E-state index in [1.807, 2.05) is 0 Å². The Hall–Kier alpha value is -1.09. The molecule has 1 aliphatic rings. The van der Waals surface area contributed by atoms with E-state index in [1.165, 1.54) is 0 Å². The Morgan fingerprint density at radius 1 is 1.28 bits per heavy atom. The molecule has 1 rings (SSSR count). The topological polar surface area (TPSA) is 44.8 Å². The first kappa shape index (κ1) is 15.0. The van der Waals surface area contributed by atoms with Crippen molar-refractivity contribution in [1.29, 1.82) is 0 Å². The molecule has 1 heterocycles. The van der Waals surface area contributed by atoms with Gasteiger partial charge >= 0.3 is 7.82 Å². The van der Waals surface area contributed by atoms with Gasteiger partial charge < -0.3 is 4.52 Å². The van der Waals surface area contributed by atoms with Gasteiger partial charge in [-0.25, -0.2) is 4.57 Å². The molecule has 0 aromatic rings. The molecule has 1 atom stereocenters. The fourth-order valence-corrected chi connectivity index (χ4v) is 2.85. The van der Waals surface area contributed by atoms with Crippen LogP contribution >= 0.6 is 7.82 Å². The van der Waals surface area contributed by atoms with E-state index in [1.54, 1.807) is 45.1 Å². The lowest BCUT2D eigenvalue weighted by Gasteiger charge is -2.31. The van der Waals surface area contributed by atoms with Gasteiger partial charge in [-0.3, -0.25) is 9.05 Å². The van der Waals surface area contributed by atoms with Crippen LogP contribution in [0.25, 0.3) is 0 Å². The molecule has 5 heteroatoms. The molecule has 0 bridgehead atoms. The first-order valence-electron chi connectivity index (χ1n) is 5.59. The van der Waals surface area contributed by atoms with Crippen molar-refractivity contribution in [2.75, 3.05) is 6.61 Å². The molecule has 1 fully saturated rings. The molecule has 1 aliphatic heterocycles. The van der Waals surface area contributed by atoms with Crippen molar-refractivity contribution in [3.63, 3.8) is 0 Å². The van der Waals surface area contributed by atoms with Crippen LogP contribution in [0.1, 0.15) is 20.8 Å². The van der Waals surface area contributed by atoms with Crippen LogP contribution in [-0.4, -0.2) is 12.2 Å². The molecule has 0 amide bonds. The summed E-state index contributed by atoms with van der Waals surface area (Å²) in [6, 6.07) is 0. The molecule has 100 valence electrons. The predicted octanol–water partition coefficient (Wildman–Crippen LogP) is 4.14. The van der Waals surface area contributed by atoms with Crippen molar-refractivity contribution in [1.82, 2.24) is 0 Å². The lowest BCUT2D eigenvalue weighted by Crippen LogP contribution is -2.22. The highest BCUT2D eigenvalue weighted by atomic mass is 31.2. The lowest BCUT2D eigenvalue weighted by atomic mass is 10.2. The molecule has 4 nitrogen and oxygen atoms in total. The summed E-state index contributed by atoms with van der Waals surface area (Å²) in [4.78, 5) is 0. The average molecular weight is 270 g/mol. The molecular weight excluding hydrogens is 251 g/mol. The second kappa shape index (κ2) is 5.70. The van der Waals surface area contributed by atoms with Gasteiger partial charge in [-0.05, 0) is 26.8 Å². The van der Waals surface area contributed by atoms with Crippen LogP contribution in [0.3, 0.4) is 0 Å². The first-order chi connectivity index (χ1) is 8.29. The summed E-state index contributed by atoms with van der Waals surface area (Å²) in [5, 5.41) is 0. The number of hydrogen-bond donors (Lipinski definition) is 0. The minimum absolute atomic E-state index is 0.152. The van der Waals surface area contributed by atoms with Gasteiger partial charge in [0.2, 0.25) is 0 Å². The minimum atomic E-state index is -3.57. The van der Waals surface area contributed by atoms with Crippen LogP contribution in [0.15, 0.2) is 48.8 Å². The van der Waals surface area contributed by atoms with Crippen LogP contribution < -0.4 is 0 Å². The Balaban J connectivity index is 2.97. The quantitative estimate of drug-likeness (QED) is 0.723. The number of allylic oxidation sites excluding steroid dienone is 4. The van der Waals surface area contributed by atoms with E-state index in [0.717, 1.165) is 5.57 Å². The Morgan fingerprint density at radius 2 is 1.89 bits per heavy atom. The standard InChI is InChI=1S/C13H19O4P/c1-6-8-11-10-15-18(14,17-13(3,4)5)16-12(11)9-7-2/h6-9H,1-2,10H2,3-5H3/b11-8-,12-9+. The maximum absolute atomic E-state index is 12.3. The van der Waals surface area contributed by atoms with Crippen molar-refractivity contribution in [3.8, 4) is 0 Å². The summed E-state index contributed by atoms with van der Waals surface area (Å²) in [7, 11) is -3.57. The van der Waals surface area contributed by atoms with E-state index in [0.29, 0.717) is 5.76 Å². The van der Waals surface area contributed by atoms with Gasteiger partial charge in [-0.1, -0.05) is 31.4 Å². The fourth-order valence-electron chi connectivity index (χ4n) is 1.32. The van der Waals surface area contributed by atoms with Crippen LogP contribution in [0.2, 0.25) is 0 Å². The summed E-state index contributed by atoms with van der Waals surface area (Å²) in [5.41, 5.74) is 0.128. The number of hydrogen-bond acceptors (Lipinski definition) is 4. The van der Waals surface area contributed by atoms with E-state index in [9.17, 15) is 4.57 Å². The second-order valence-electron chi connectivity index (χ2n) is 4.71. The SMILES string of the molecule is C=C/C=C1/COP(=O)(OC(C)(C)C)O/C1=C/C=C. The Morgan fingerprint density at radius 3 is 2.39 bits per heavy atom. The molecule has 18 heavy (non-hydrogen) atoms. The van der Waals surface area contributed by atoms with Crippen molar-refractivity contribution < 1.29 is 18.1 Å². The summed E-state index contributed by atoms with van der Waals surface area (Å²) < 4.78 is 28.2. The zero-order valence-corrected chi connectivity index (χ0v) is 11.9. The molecule has 1 unspecified atom stereocenters. The third-order valence-electron chi connectivity index (χ3n) is 1.88. The highest BCUT2D eigenvalue weighted by molar-refractivity contribution is 7.48. The van der Waals surface area contributed by atoms with Gasteiger partial charge in [0.15, 0.2) is 0 Å². The van der Waals surface area contributed by atoms with Gasteiger partial charge in [0.1, 0.15) is 5.76 Å². The number of phosphoric acid groups is 1. The van der Waals surface area contributed by atoms with Gasteiger partial charge in [0, 0.05) is 5.57 Å². The van der Waals surface area contributed by atoms with E-state index >= 15 is 0 Å². The zero-order chi connectivity index (χ0) is 13.8. The van der Waals surface area contributed by atoms with Gasteiger partial charge in [0.05, 0.1) is 12.2 Å². The van der Waals surface area contributed by atoms with Crippen molar-refractivity contribution >= 4 is 7.82 Å². The van der Waals surface area contributed by atoms with Crippen LogP contribution in [-0.2, 0) is 18.1 Å². The second-order valence-corrected chi connectivity index (χ2v) is 6.23. The van der Waals surface area contributed by atoms with E-state index in [4.69, 9.17) is 13.6 Å². The largest absolute Gasteiger partial charge is 0.530 e. The average Bonchev–Trinajstić information content (AvgIpc) is 2.20. The normalized spacial score (nSPS) is 29.1. The monoisotopic (exact) mass is 270 g/mol. The first-order valence-corrected chi connectivity index (χ1v) is 7.05. The van der Waals surface area contributed by atoms with Crippen molar-refractivity contribution in [3.05, 3.63) is 48.8 Å². The summed E-state index contributed by atoms with van der Waals surface area (Å²) in [6.07, 6.45) is 6.52. The Bertz CT molecular complexity index is 440. The number of rotatable bonds is 3. The summed E-state index contributed by atoms with van der Waals surface area (Å²) in [6.45, 7) is 12.7. The molecule has 1 saturated heterocycles. The third-order valence-corrected chi connectivity index (χ3v) is 3.52. The van der Waals surface area contributed by atoms with Gasteiger partial charge in [-0.2, -0.15) is 0 Å². The molecule has 0 radical (unpaired) electrons. The van der Waals surface area contributed by atoms with Crippen LogP contribution in [0, 0.1) is 0 Å². The van der Waals surface area contributed by atoms with Crippen LogP contribution in [0.4, 0.5) is 0 Å². The van der Waals surface area contributed by atoms with E-state index in [2.05, 4.69) is 13.2 Å². The van der Waals surface area contributed by atoms with E-state index < -0.39 is 13.4 Å². The summed E-state index contributed by atoms with van der Waals surface area (Å²) in [5.74, 6) is 0.434. The molecule has 0 aromatic carbocycles. The van der Waals surface area contributed by atoms with Crippen molar-refractivity contribution in [2.24, 2.45) is 0 Å². The smallest absolute Gasteiger partial charge is 0.404 e.